The van der Waals surface area contributed by atoms with Gasteiger partial charge < -0.3 is 15.1 Å². The predicted molar refractivity (Wildman–Crippen MR) is 107 cm³/mol. The molecule has 0 unspecified atom stereocenters. The first-order valence-corrected chi connectivity index (χ1v) is 10.3. The minimum atomic E-state index is 0.121. The maximum atomic E-state index is 12.1. The van der Waals surface area contributed by atoms with Crippen LogP contribution in [-0.4, -0.2) is 61.0 Å². The highest BCUT2D eigenvalue weighted by Gasteiger charge is 2.26. The van der Waals surface area contributed by atoms with Crippen molar-refractivity contribution < 1.29 is 4.79 Å². The summed E-state index contributed by atoms with van der Waals surface area (Å²) in [5.74, 6) is 1.13. The highest BCUT2D eigenvalue weighted by Crippen LogP contribution is 2.28. The molecular formula is C22H35N3O. The van der Waals surface area contributed by atoms with Gasteiger partial charge in [0.2, 0.25) is 5.91 Å². The summed E-state index contributed by atoms with van der Waals surface area (Å²) in [6.07, 6.45) is 3.45. The van der Waals surface area contributed by atoms with E-state index in [1.165, 1.54) is 30.6 Å². The van der Waals surface area contributed by atoms with Crippen molar-refractivity contribution in [3.63, 3.8) is 0 Å². The van der Waals surface area contributed by atoms with Crippen LogP contribution in [0.3, 0.4) is 0 Å². The van der Waals surface area contributed by atoms with Gasteiger partial charge in [-0.1, -0.05) is 38.1 Å². The molecule has 1 aromatic rings. The number of nitrogens with one attached hydrogen (secondary N) is 1. The number of amides is 1. The van der Waals surface area contributed by atoms with Crippen molar-refractivity contribution >= 4 is 5.91 Å². The quantitative estimate of drug-likeness (QED) is 0.850. The minimum Gasteiger partial charge on any atom is -0.342 e. The molecule has 1 aromatic carbocycles. The van der Waals surface area contributed by atoms with Crippen LogP contribution in [0, 0.1) is 12.8 Å². The van der Waals surface area contributed by atoms with Crippen molar-refractivity contribution in [2.75, 3.05) is 39.3 Å². The smallest absolute Gasteiger partial charge is 0.225 e. The van der Waals surface area contributed by atoms with Crippen molar-refractivity contribution in [2.24, 2.45) is 5.92 Å². The first-order chi connectivity index (χ1) is 12.5. The van der Waals surface area contributed by atoms with Crippen LogP contribution in [0.5, 0.6) is 0 Å². The van der Waals surface area contributed by atoms with Crippen LogP contribution in [0.4, 0.5) is 0 Å². The molecule has 2 fully saturated rings. The van der Waals surface area contributed by atoms with Crippen LogP contribution >= 0.6 is 0 Å². The van der Waals surface area contributed by atoms with E-state index in [9.17, 15) is 4.79 Å². The predicted octanol–water partition coefficient (Wildman–Crippen LogP) is 3.02. The second-order valence-corrected chi connectivity index (χ2v) is 8.35. The molecular weight excluding hydrogens is 322 g/mol. The minimum absolute atomic E-state index is 0.121. The van der Waals surface area contributed by atoms with E-state index in [-0.39, 0.29) is 5.92 Å². The van der Waals surface area contributed by atoms with Gasteiger partial charge in [-0.2, -0.15) is 0 Å². The zero-order valence-corrected chi connectivity index (χ0v) is 16.7. The molecule has 144 valence electrons. The number of carbonyl (C=O) groups excluding carboxylic acids is 1. The van der Waals surface area contributed by atoms with Gasteiger partial charge in [0.05, 0.1) is 0 Å². The molecule has 0 saturated carbocycles. The Labute approximate surface area is 158 Å². The van der Waals surface area contributed by atoms with Gasteiger partial charge in [0.1, 0.15) is 0 Å². The summed E-state index contributed by atoms with van der Waals surface area (Å²) in [4.78, 5) is 16.7. The Morgan fingerprint density at radius 3 is 2.58 bits per heavy atom. The first-order valence-electron chi connectivity index (χ1n) is 10.3. The first kappa shape index (κ1) is 19.4. The molecule has 3 rings (SSSR count). The molecule has 0 aliphatic carbocycles. The molecule has 1 amide bonds. The highest BCUT2D eigenvalue weighted by atomic mass is 16.2. The number of aryl methyl sites for hydroxylation is 1. The Hall–Kier alpha value is -1.39. The second-order valence-electron chi connectivity index (χ2n) is 8.35. The largest absolute Gasteiger partial charge is 0.342 e. The second kappa shape index (κ2) is 9.01. The summed E-state index contributed by atoms with van der Waals surface area (Å²) in [6, 6.07) is 9.41. The number of nitrogens with zero attached hydrogens (tertiary/aromatic N) is 2. The van der Waals surface area contributed by atoms with Gasteiger partial charge in [0.15, 0.2) is 0 Å². The number of rotatable bonds is 6. The molecule has 1 atom stereocenters. The summed E-state index contributed by atoms with van der Waals surface area (Å²) in [7, 11) is 0. The van der Waals surface area contributed by atoms with Gasteiger partial charge in [0, 0.05) is 44.7 Å². The van der Waals surface area contributed by atoms with Crippen molar-refractivity contribution in [1.29, 1.82) is 0 Å². The summed E-state index contributed by atoms with van der Waals surface area (Å²) in [5.41, 5.74) is 2.96. The van der Waals surface area contributed by atoms with Gasteiger partial charge in [-0.25, -0.2) is 0 Å². The Bertz CT molecular complexity index is 593. The molecule has 2 aliphatic heterocycles. The molecule has 0 spiro atoms. The van der Waals surface area contributed by atoms with E-state index in [1.807, 2.05) is 18.7 Å². The average molecular weight is 358 g/mol. The lowest BCUT2D eigenvalue weighted by Gasteiger charge is -2.33. The zero-order valence-electron chi connectivity index (χ0n) is 16.7. The SMILES string of the molecule is Cc1ccccc1[C@H]1CCN(CCNC2CCN(C(=O)C(C)C)CC2)C1. The molecule has 0 radical (unpaired) electrons. The van der Waals surface area contributed by atoms with Crippen LogP contribution in [0.1, 0.15) is 50.2 Å². The van der Waals surface area contributed by atoms with Crippen LogP contribution in [0.25, 0.3) is 0 Å². The van der Waals surface area contributed by atoms with Crippen molar-refractivity contribution in [2.45, 2.75) is 52.0 Å². The third-order valence-corrected chi connectivity index (χ3v) is 6.06. The maximum absolute atomic E-state index is 12.1. The lowest BCUT2D eigenvalue weighted by molar-refractivity contribution is -0.135. The van der Waals surface area contributed by atoms with E-state index in [2.05, 4.69) is 41.4 Å². The van der Waals surface area contributed by atoms with Gasteiger partial charge in [0.25, 0.3) is 0 Å². The van der Waals surface area contributed by atoms with Crippen molar-refractivity contribution in [1.82, 2.24) is 15.1 Å². The Morgan fingerprint density at radius 2 is 1.88 bits per heavy atom. The number of hydrogen-bond donors (Lipinski definition) is 1. The van der Waals surface area contributed by atoms with Gasteiger partial charge >= 0.3 is 0 Å². The van der Waals surface area contributed by atoms with Gasteiger partial charge in [-0.05, 0) is 49.8 Å². The fourth-order valence-corrected chi connectivity index (χ4v) is 4.43. The van der Waals surface area contributed by atoms with Crippen molar-refractivity contribution in [3.05, 3.63) is 35.4 Å². The van der Waals surface area contributed by atoms with Crippen LogP contribution in [0.15, 0.2) is 24.3 Å². The third-order valence-electron chi connectivity index (χ3n) is 6.06. The molecule has 2 saturated heterocycles. The average Bonchev–Trinajstić information content (AvgIpc) is 3.10. The normalized spacial score (nSPS) is 22.3. The number of carbonyl (C=O) groups is 1. The lowest BCUT2D eigenvalue weighted by Crippen LogP contribution is -2.47. The lowest BCUT2D eigenvalue weighted by atomic mass is 9.94. The molecule has 2 aliphatic rings. The Balaban J connectivity index is 1.35. The highest BCUT2D eigenvalue weighted by molar-refractivity contribution is 5.78. The van der Waals surface area contributed by atoms with E-state index in [1.54, 1.807) is 0 Å². The monoisotopic (exact) mass is 357 g/mol. The van der Waals surface area contributed by atoms with Crippen LogP contribution in [0.2, 0.25) is 0 Å². The summed E-state index contributed by atoms with van der Waals surface area (Å²) < 4.78 is 0. The zero-order chi connectivity index (χ0) is 18.5. The molecule has 0 aromatic heterocycles. The Kier molecular flexibility index (Phi) is 6.71. The maximum Gasteiger partial charge on any atom is 0.225 e. The van der Waals surface area contributed by atoms with E-state index < -0.39 is 0 Å². The summed E-state index contributed by atoms with van der Waals surface area (Å²) in [6.45, 7) is 12.6. The Morgan fingerprint density at radius 1 is 1.15 bits per heavy atom. The molecule has 1 N–H and O–H groups in total. The fourth-order valence-electron chi connectivity index (χ4n) is 4.43. The molecule has 26 heavy (non-hydrogen) atoms. The summed E-state index contributed by atoms with van der Waals surface area (Å²) in [5, 5.41) is 3.72. The fraction of sp³-hybridized carbons (Fsp3) is 0.682. The number of piperidine rings is 1. The van der Waals surface area contributed by atoms with Crippen molar-refractivity contribution in [3.8, 4) is 0 Å². The third kappa shape index (κ3) is 4.86. The topological polar surface area (TPSA) is 35.6 Å². The summed E-state index contributed by atoms with van der Waals surface area (Å²) >= 11 is 0. The molecule has 4 heteroatoms. The molecule has 0 bridgehead atoms. The van der Waals surface area contributed by atoms with Crippen LogP contribution < -0.4 is 5.32 Å². The van der Waals surface area contributed by atoms with Gasteiger partial charge in [-0.3, -0.25) is 4.79 Å². The van der Waals surface area contributed by atoms with E-state index in [4.69, 9.17) is 0 Å². The van der Waals surface area contributed by atoms with Crippen LogP contribution in [-0.2, 0) is 4.79 Å². The van der Waals surface area contributed by atoms with E-state index >= 15 is 0 Å². The molecule has 4 nitrogen and oxygen atoms in total. The van der Waals surface area contributed by atoms with E-state index in [0.29, 0.717) is 17.9 Å². The molecule has 2 heterocycles. The number of benzene rings is 1. The number of likely N-dealkylation sites (tertiary alicyclic amines) is 2. The van der Waals surface area contributed by atoms with E-state index in [0.717, 1.165) is 39.0 Å². The number of hydrogen-bond acceptors (Lipinski definition) is 3. The van der Waals surface area contributed by atoms with Gasteiger partial charge in [-0.15, -0.1) is 0 Å². The standard InChI is InChI=1S/C22H35N3O/c1-17(2)22(26)25-13-9-20(10-14-25)23-11-15-24-12-8-19(16-24)21-7-5-4-6-18(21)3/h4-7,17,19-20,23H,8-16H2,1-3H3/t19-/m0/s1.